The molecule has 1 atom stereocenters. The van der Waals surface area contributed by atoms with Gasteiger partial charge in [-0.05, 0) is 42.8 Å². The number of anilines is 2. The molecule has 4 aromatic heterocycles. The van der Waals surface area contributed by atoms with Crippen LogP contribution in [0.4, 0.5) is 11.6 Å². The van der Waals surface area contributed by atoms with E-state index in [4.69, 9.17) is 24.4 Å². The van der Waals surface area contributed by atoms with Crippen LogP contribution >= 0.6 is 0 Å². The molecule has 2 N–H and O–H groups in total. The predicted octanol–water partition coefficient (Wildman–Crippen LogP) is 3.05. The molecule has 1 fully saturated rings. The summed E-state index contributed by atoms with van der Waals surface area (Å²) in [5, 5.41) is 9.73. The van der Waals surface area contributed by atoms with Crippen molar-refractivity contribution in [3.63, 3.8) is 0 Å². The van der Waals surface area contributed by atoms with E-state index in [9.17, 15) is 4.79 Å². The first kappa shape index (κ1) is 29.4. The van der Waals surface area contributed by atoms with E-state index in [0.717, 1.165) is 30.9 Å². The van der Waals surface area contributed by atoms with Crippen molar-refractivity contribution in [3.05, 3.63) is 48.9 Å². The number of ether oxygens (including phenoxy) is 3. The predicted molar refractivity (Wildman–Crippen MR) is 164 cm³/mol. The molecule has 232 valence electrons. The number of methoxy groups -OCH3 is 1. The van der Waals surface area contributed by atoms with Crippen molar-refractivity contribution in [2.24, 2.45) is 0 Å². The summed E-state index contributed by atoms with van der Waals surface area (Å²) >= 11 is 0. The van der Waals surface area contributed by atoms with Gasteiger partial charge < -0.3 is 34.2 Å². The van der Waals surface area contributed by atoms with Crippen LogP contribution in [0.5, 0.6) is 5.75 Å². The molecule has 0 bridgehead atoms. The topological polar surface area (TPSA) is 151 Å². The number of piperazine rings is 1. The van der Waals surface area contributed by atoms with Crippen LogP contribution < -0.4 is 15.4 Å². The fraction of sp³-hybridized carbons (Fsp3) is 0.433. The summed E-state index contributed by atoms with van der Waals surface area (Å²) in [5.74, 6) is 1.89. The zero-order chi connectivity index (χ0) is 30.5. The van der Waals surface area contributed by atoms with Gasteiger partial charge in [0.2, 0.25) is 17.7 Å². The largest absolute Gasteiger partial charge is 0.491 e. The lowest BCUT2D eigenvalue weighted by Crippen LogP contribution is -2.50. The summed E-state index contributed by atoms with van der Waals surface area (Å²) in [6.07, 6.45) is 4.66. The first-order valence-electron chi connectivity index (χ1n) is 14.8. The molecule has 14 heteroatoms. The highest BCUT2D eigenvalue weighted by molar-refractivity contribution is 5.92. The van der Waals surface area contributed by atoms with Crippen molar-refractivity contribution >= 4 is 34.2 Å². The third-order valence-electron chi connectivity index (χ3n) is 7.66. The number of furan rings is 1. The van der Waals surface area contributed by atoms with Gasteiger partial charge in [-0.2, -0.15) is 14.6 Å². The molecule has 5 heterocycles. The molecule has 1 aromatic carbocycles. The molecule has 1 aliphatic heterocycles. The number of benzene rings is 1. The van der Waals surface area contributed by atoms with Gasteiger partial charge in [0.1, 0.15) is 18.4 Å². The standard InChI is InChI=1S/C30H37N9O5/c1-3-5-24(38-28-23(20-32-38)27-33-26(25-6-4-15-44-25)35-39(27)30(31)34-28)29(40)37-13-11-36(12-14-37)21-7-9-22(10-8-21)43-19-18-42-17-16-41-2/h4,6-10,15,20,24H,3,5,11-14,16-19H2,1-2H3,(H2,31,34)/t24-/m0/s1. The van der Waals surface area contributed by atoms with Crippen LogP contribution in [0.15, 0.2) is 53.3 Å². The highest BCUT2D eigenvalue weighted by atomic mass is 16.5. The molecule has 14 nitrogen and oxygen atoms in total. The quantitative estimate of drug-likeness (QED) is 0.198. The van der Waals surface area contributed by atoms with Crippen LogP contribution in [-0.4, -0.2) is 99.9 Å². The van der Waals surface area contributed by atoms with Gasteiger partial charge in [0.15, 0.2) is 17.1 Å². The van der Waals surface area contributed by atoms with Gasteiger partial charge in [-0.1, -0.05) is 13.3 Å². The zero-order valence-corrected chi connectivity index (χ0v) is 25.0. The first-order chi connectivity index (χ1) is 21.6. The Morgan fingerprint density at radius 1 is 1.02 bits per heavy atom. The highest BCUT2D eigenvalue weighted by Crippen LogP contribution is 2.28. The van der Waals surface area contributed by atoms with Crippen LogP contribution in [-0.2, 0) is 14.3 Å². The Morgan fingerprint density at radius 2 is 1.82 bits per heavy atom. The Bertz CT molecular complexity index is 1670. The Balaban J connectivity index is 1.12. The SMILES string of the molecule is CCC[C@@H](C(=O)N1CCN(c2ccc(OCCOCCOC)cc2)CC1)n1ncc2c1nc(N)n1nc(-c3ccco3)nc21. The van der Waals surface area contributed by atoms with Crippen molar-refractivity contribution in [1.82, 2.24) is 34.3 Å². The van der Waals surface area contributed by atoms with E-state index in [0.29, 0.717) is 74.2 Å². The molecule has 1 amide bonds. The van der Waals surface area contributed by atoms with E-state index in [-0.39, 0.29) is 11.9 Å². The van der Waals surface area contributed by atoms with Gasteiger partial charge in [0.25, 0.3) is 0 Å². The molecule has 0 aliphatic carbocycles. The van der Waals surface area contributed by atoms with Crippen LogP contribution in [0.25, 0.3) is 28.3 Å². The second kappa shape index (κ2) is 13.3. The third-order valence-corrected chi connectivity index (χ3v) is 7.66. The average molecular weight is 604 g/mol. The Morgan fingerprint density at radius 3 is 2.55 bits per heavy atom. The monoisotopic (exact) mass is 603 g/mol. The summed E-state index contributed by atoms with van der Waals surface area (Å²) in [7, 11) is 1.65. The maximum Gasteiger partial charge on any atom is 0.247 e. The van der Waals surface area contributed by atoms with Crippen molar-refractivity contribution in [1.29, 1.82) is 0 Å². The summed E-state index contributed by atoms with van der Waals surface area (Å²) in [4.78, 5) is 27.3. The number of fused-ring (bicyclic) bond motifs is 3. The molecule has 44 heavy (non-hydrogen) atoms. The number of nitrogen functional groups attached to an aromatic ring is 1. The fourth-order valence-corrected chi connectivity index (χ4v) is 5.40. The number of amides is 1. The molecule has 0 spiro atoms. The van der Waals surface area contributed by atoms with Gasteiger partial charge in [-0.3, -0.25) is 4.79 Å². The number of rotatable bonds is 13. The van der Waals surface area contributed by atoms with Crippen LogP contribution in [0, 0.1) is 0 Å². The van der Waals surface area contributed by atoms with Gasteiger partial charge in [0.05, 0.1) is 37.7 Å². The van der Waals surface area contributed by atoms with Crippen molar-refractivity contribution in [3.8, 4) is 17.3 Å². The van der Waals surface area contributed by atoms with Crippen LogP contribution in [0.1, 0.15) is 25.8 Å². The van der Waals surface area contributed by atoms with E-state index >= 15 is 0 Å². The zero-order valence-electron chi connectivity index (χ0n) is 25.0. The Hall–Kier alpha value is -4.69. The van der Waals surface area contributed by atoms with E-state index < -0.39 is 6.04 Å². The lowest BCUT2D eigenvalue weighted by Gasteiger charge is -2.37. The second-order valence-corrected chi connectivity index (χ2v) is 10.5. The van der Waals surface area contributed by atoms with Crippen LogP contribution in [0.3, 0.4) is 0 Å². The molecular formula is C30H37N9O5. The van der Waals surface area contributed by atoms with Crippen molar-refractivity contribution in [2.45, 2.75) is 25.8 Å². The number of hydrogen-bond acceptors (Lipinski definition) is 11. The minimum absolute atomic E-state index is 0.0194. The number of hydrogen-bond donors (Lipinski definition) is 1. The first-order valence-corrected chi connectivity index (χ1v) is 14.8. The molecule has 0 saturated carbocycles. The lowest BCUT2D eigenvalue weighted by molar-refractivity contribution is -0.135. The van der Waals surface area contributed by atoms with Crippen molar-refractivity contribution < 1.29 is 23.4 Å². The summed E-state index contributed by atoms with van der Waals surface area (Å²) < 4.78 is 24.8. The average Bonchev–Trinajstić information content (AvgIpc) is 3.82. The van der Waals surface area contributed by atoms with Gasteiger partial charge >= 0.3 is 0 Å². The molecule has 1 saturated heterocycles. The van der Waals surface area contributed by atoms with Crippen molar-refractivity contribution in [2.75, 3.05) is 70.3 Å². The molecule has 5 aromatic rings. The number of aromatic nitrogens is 6. The van der Waals surface area contributed by atoms with Gasteiger partial charge in [0, 0.05) is 39.0 Å². The molecule has 1 aliphatic rings. The smallest absolute Gasteiger partial charge is 0.247 e. The maximum absolute atomic E-state index is 13.9. The highest BCUT2D eigenvalue weighted by Gasteiger charge is 2.31. The Labute approximate surface area is 254 Å². The number of nitrogens with zero attached hydrogens (tertiary/aromatic N) is 8. The van der Waals surface area contributed by atoms with Gasteiger partial charge in [-0.25, -0.2) is 9.67 Å². The Kier molecular flexibility index (Phi) is 8.89. The summed E-state index contributed by atoms with van der Waals surface area (Å²) in [6, 6.07) is 11.1. The number of carbonyl (C=O) groups excluding carboxylic acids is 1. The second-order valence-electron chi connectivity index (χ2n) is 10.5. The maximum atomic E-state index is 13.9. The van der Waals surface area contributed by atoms with E-state index in [1.807, 2.05) is 29.2 Å². The van der Waals surface area contributed by atoms with E-state index in [2.05, 4.69) is 32.0 Å². The lowest BCUT2D eigenvalue weighted by atomic mass is 10.1. The minimum Gasteiger partial charge on any atom is -0.491 e. The number of carbonyl (C=O) groups is 1. The molecule has 6 rings (SSSR count). The third kappa shape index (κ3) is 6.03. The molecule has 0 radical (unpaired) electrons. The summed E-state index contributed by atoms with van der Waals surface area (Å²) in [6.45, 7) is 6.81. The van der Waals surface area contributed by atoms with Gasteiger partial charge in [-0.15, -0.1) is 5.10 Å². The minimum atomic E-state index is -0.513. The fourth-order valence-electron chi connectivity index (χ4n) is 5.40. The molecular weight excluding hydrogens is 566 g/mol. The number of nitrogens with two attached hydrogens (primary N) is 1. The van der Waals surface area contributed by atoms with E-state index in [1.165, 1.54) is 4.52 Å². The summed E-state index contributed by atoms with van der Waals surface area (Å²) in [5.41, 5.74) is 8.40. The molecule has 0 unspecified atom stereocenters. The normalized spacial score (nSPS) is 14.5. The van der Waals surface area contributed by atoms with E-state index in [1.54, 1.807) is 36.4 Å². The van der Waals surface area contributed by atoms with Crippen LogP contribution in [0.2, 0.25) is 0 Å².